The second kappa shape index (κ2) is 7.05. The van der Waals surface area contributed by atoms with Gasteiger partial charge in [0.05, 0.1) is 0 Å². The lowest BCUT2D eigenvalue weighted by atomic mass is 9.61. The first-order valence-corrected chi connectivity index (χ1v) is 9.88. The van der Waals surface area contributed by atoms with Crippen LogP contribution in [-0.2, 0) is 18.3 Å². The minimum Gasteiger partial charge on any atom is -0.508 e. The van der Waals surface area contributed by atoms with Crippen LogP contribution >= 0.6 is 0 Å². The summed E-state index contributed by atoms with van der Waals surface area (Å²) in [6, 6.07) is 17.7. The van der Waals surface area contributed by atoms with Gasteiger partial charge in [0, 0.05) is 17.5 Å². The molecular weight excluding hydrogens is 320 g/mol. The first kappa shape index (κ1) is 17.6. The summed E-state index contributed by atoms with van der Waals surface area (Å²) in [6.07, 6.45) is 4.47. The Morgan fingerprint density at radius 1 is 1.19 bits per heavy atom. The van der Waals surface area contributed by atoms with Crippen LogP contribution in [0.4, 0.5) is 0 Å². The van der Waals surface area contributed by atoms with Crippen molar-refractivity contribution in [2.45, 2.75) is 50.1 Å². The van der Waals surface area contributed by atoms with Crippen molar-refractivity contribution in [2.75, 3.05) is 20.1 Å². The lowest BCUT2D eigenvalue weighted by Gasteiger charge is -2.55. The van der Waals surface area contributed by atoms with Gasteiger partial charge in [-0.25, -0.2) is 0 Å². The lowest BCUT2D eigenvalue weighted by Crippen LogP contribution is -2.66. The number of likely N-dealkylation sites (tertiary alicyclic amines) is 1. The van der Waals surface area contributed by atoms with Crippen molar-refractivity contribution in [1.29, 1.82) is 0 Å². The van der Waals surface area contributed by atoms with E-state index in [1.54, 1.807) is 0 Å². The maximum atomic E-state index is 10.0. The monoisotopic (exact) mass is 350 g/mol. The summed E-state index contributed by atoms with van der Waals surface area (Å²) in [5.41, 5.74) is 4.26. The van der Waals surface area contributed by atoms with Gasteiger partial charge in [0.2, 0.25) is 0 Å². The summed E-state index contributed by atoms with van der Waals surface area (Å²) in [5, 5.41) is 13.9. The van der Waals surface area contributed by atoms with Crippen molar-refractivity contribution in [1.82, 2.24) is 10.2 Å². The van der Waals surface area contributed by atoms with E-state index in [4.69, 9.17) is 0 Å². The number of phenolic OH excluding ortho intramolecular Hbond substituents is 1. The molecule has 1 heterocycles. The van der Waals surface area contributed by atoms with E-state index in [1.165, 1.54) is 16.7 Å². The van der Waals surface area contributed by atoms with Crippen LogP contribution in [0.2, 0.25) is 0 Å². The number of nitrogens with zero attached hydrogens (tertiary/aromatic N) is 1. The predicted octanol–water partition coefficient (Wildman–Crippen LogP) is 3.50. The van der Waals surface area contributed by atoms with Crippen LogP contribution in [0, 0.1) is 0 Å². The van der Waals surface area contributed by atoms with Crippen molar-refractivity contribution in [3.05, 3.63) is 65.2 Å². The number of likely N-dealkylation sites (N-methyl/N-ethyl adjacent to an activating group) is 1. The van der Waals surface area contributed by atoms with E-state index in [-0.39, 0.29) is 5.41 Å². The first-order chi connectivity index (χ1) is 12.6. The highest BCUT2D eigenvalue weighted by atomic mass is 16.3. The molecule has 2 N–H and O–H groups in total. The fourth-order valence-electron chi connectivity index (χ4n) is 5.04. The van der Waals surface area contributed by atoms with Gasteiger partial charge in [0.15, 0.2) is 0 Å². The molecule has 3 heteroatoms. The number of benzene rings is 2. The summed E-state index contributed by atoms with van der Waals surface area (Å²) >= 11 is 0. The molecule has 138 valence electrons. The summed E-state index contributed by atoms with van der Waals surface area (Å²) in [6.45, 7) is 4.55. The molecule has 2 bridgehead atoms. The molecule has 0 spiro atoms. The maximum Gasteiger partial charge on any atom is 0.115 e. The second-order valence-corrected chi connectivity index (χ2v) is 8.28. The predicted molar refractivity (Wildman–Crippen MR) is 107 cm³/mol. The number of hydrogen-bond donors (Lipinski definition) is 2. The molecule has 2 aromatic rings. The van der Waals surface area contributed by atoms with Gasteiger partial charge >= 0.3 is 0 Å². The molecule has 0 amide bonds. The van der Waals surface area contributed by atoms with Gasteiger partial charge in [-0.15, -0.1) is 0 Å². The number of piperidine rings is 1. The highest BCUT2D eigenvalue weighted by Gasteiger charge is 2.49. The summed E-state index contributed by atoms with van der Waals surface area (Å²) < 4.78 is 0. The SMILES string of the molecule is CN1CCC2(C)c3cc(O)ccc3CC1C2NCCCc1ccccc1. The number of rotatable bonds is 5. The highest BCUT2D eigenvalue weighted by molar-refractivity contribution is 5.45. The van der Waals surface area contributed by atoms with Crippen LogP contribution in [0.5, 0.6) is 5.75 Å². The van der Waals surface area contributed by atoms with Crippen LogP contribution in [0.25, 0.3) is 0 Å². The molecule has 26 heavy (non-hydrogen) atoms. The Labute approximate surface area is 157 Å². The van der Waals surface area contributed by atoms with Gasteiger partial charge < -0.3 is 15.3 Å². The number of phenols is 1. The normalized spacial score (nSPS) is 27.9. The minimum absolute atomic E-state index is 0.0935. The lowest BCUT2D eigenvalue weighted by molar-refractivity contribution is 0.0659. The van der Waals surface area contributed by atoms with Crippen molar-refractivity contribution in [3.8, 4) is 5.75 Å². The third-order valence-electron chi connectivity index (χ3n) is 6.61. The molecule has 0 aromatic heterocycles. The Bertz CT molecular complexity index is 760. The zero-order chi connectivity index (χ0) is 18.1. The van der Waals surface area contributed by atoms with E-state index in [9.17, 15) is 5.11 Å². The van der Waals surface area contributed by atoms with Crippen molar-refractivity contribution < 1.29 is 5.11 Å². The molecule has 3 unspecified atom stereocenters. The van der Waals surface area contributed by atoms with Crippen LogP contribution in [-0.4, -0.2) is 42.2 Å². The van der Waals surface area contributed by atoms with E-state index >= 15 is 0 Å². The Morgan fingerprint density at radius 2 is 2.00 bits per heavy atom. The fourth-order valence-corrected chi connectivity index (χ4v) is 5.04. The quantitative estimate of drug-likeness (QED) is 0.810. The molecule has 0 radical (unpaired) electrons. The van der Waals surface area contributed by atoms with Gasteiger partial charge in [0.1, 0.15) is 5.75 Å². The number of fused-ring (bicyclic) bond motifs is 4. The van der Waals surface area contributed by atoms with Gasteiger partial charge in [0.25, 0.3) is 0 Å². The number of hydrogen-bond acceptors (Lipinski definition) is 3. The van der Waals surface area contributed by atoms with E-state index < -0.39 is 0 Å². The van der Waals surface area contributed by atoms with Gasteiger partial charge in [-0.1, -0.05) is 43.3 Å². The van der Waals surface area contributed by atoms with Gasteiger partial charge in [-0.05, 0) is 74.6 Å². The summed E-state index contributed by atoms with van der Waals surface area (Å²) in [7, 11) is 2.26. The number of aromatic hydroxyl groups is 1. The fraction of sp³-hybridized carbons (Fsp3) is 0.478. The number of nitrogens with one attached hydrogen (secondary N) is 1. The molecular formula is C23H30N2O. The average Bonchev–Trinajstić information content (AvgIpc) is 2.65. The minimum atomic E-state index is 0.0935. The van der Waals surface area contributed by atoms with E-state index in [0.29, 0.717) is 17.8 Å². The van der Waals surface area contributed by atoms with Crippen LogP contribution in [0.3, 0.4) is 0 Å². The zero-order valence-electron chi connectivity index (χ0n) is 15.9. The summed E-state index contributed by atoms with van der Waals surface area (Å²) in [5.74, 6) is 0.394. The Balaban J connectivity index is 1.49. The third kappa shape index (κ3) is 3.15. The van der Waals surface area contributed by atoms with Gasteiger partial charge in [-0.3, -0.25) is 0 Å². The Morgan fingerprint density at radius 3 is 2.81 bits per heavy atom. The molecule has 3 nitrogen and oxygen atoms in total. The van der Waals surface area contributed by atoms with Crippen LogP contribution in [0.15, 0.2) is 48.5 Å². The standard InChI is InChI=1S/C23H30N2O/c1-23-12-14-25(2)21(15-18-10-11-19(26)16-20(18)23)22(23)24-13-6-9-17-7-4-3-5-8-17/h3-5,7-8,10-11,16,21-22,24,26H,6,9,12-15H2,1-2H3. The zero-order valence-corrected chi connectivity index (χ0v) is 15.9. The number of aryl methyl sites for hydroxylation is 1. The van der Waals surface area contributed by atoms with E-state index in [1.807, 2.05) is 12.1 Å². The van der Waals surface area contributed by atoms with E-state index in [0.717, 1.165) is 38.8 Å². The second-order valence-electron chi connectivity index (χ2n) is 8.28. The average molecular weight is 351 g/mol. The van der Waals surface area contributed by atoms with Crippen LogP contribution in [0.1, 0.15) is 36.5 Å². The molecule has 3 atom stereocenters. The van der Waals surface area contributed by atoms with Crippen molar-refractivity contribution in [2.24, 2.45) is 0 Å². The molecule has 2 aromatic carbocycles. The Hall–Kier alpha value is -1.84. The Kier molecular flexibility index (Phi) is 4.76. The molecule has 2 aliphatic rings. The van der Waals surface area contributed by atoms with E-state index in [2.05, 4.69) is 60.6 Å². The molecule has 1 aliphatic carbocycles. The molecule has 0 saturated carbocycles. The summed E-state index contributed by atoms with van der Waals surface area (Å²) in [4.78, 5) is 2.52. The topological polar surface area (TPSA) is 35.5 Å². The third-order valence-corrected chi connectivity index (χ3v) is 6.61. The molecule has 1 saturated heterocycles. The molecule has 4 rings (SSSR count). The smallest absolute Gasteiger partial charge is 0.115 e. The van der Waals surface area contributed by atoms with Gasteiger partial charge in [-0.2, -0.15) is 0 Å². The molecule has 1 fully saturated rings. The van der Waals surface area contributed by atoms with Crippen molar-refractivity contribution >= 4 is 0 Å². The highest BCUT2D eigenvalue weighted by Crippen LogP contribution is 2.45. The first-order valence-electron chi connectivity index (χ1n) is 9.88. The van der Waals surface area contributed by atoms with Crippen molar-refractivity contribution in [3.63, 3.8) is 0 Å². The largest absolute Gasteiger partial charge is 0.508 e. The van der Waals surface area contributed by atoms with Crippen LogP contribution < -0.4 is 5.32 Å². The molecule has 1 aliphatic heterocycles. The maximum absolute atomic E-state index is 10.0.